The van der Waals surface area contributed by atoms with E-state index in [1.807, 2.05) is 13.3 Å². The van der Waals surface area contributed by atoms with E-state index in [2.05, 4.69) is 21.8 Å². The highest BCUT2D eigenvalue weighted by molar-refractivity contribution is 5.80. The first-order valence-electron chi connectivity index (χ1n) is 7.33. The van der Waals surface area contributed by atoms with E-state index < -0.39 is 5.54 Å². The first kappa shape index (κ1) is 15.0. The number of esters is 1. The summed E-state index contributed by atoms with van der Waals surface area (Å²) in [6, 6.07) is 0.209. The number of nitrogens with one attached hydrogen (secondary N) is 1. The van der Waals surface area contributed by atoms with Crippen molar-refractivity contribution in [3.8, 4) is 0 Å². The average Bonchev–Trinajstić information content (AvgIpc) is 2.90. The third-order valence-electron chi connectivity index (χ3n) is 4.43. The molecule has 0 spiro atoms. The third-order valence-corrected chi connectivity index (χ3v) is 4.43. The van der Waals surface area contributed by atoms with Crippen molar-refractivity contribution in [2.24, 2.45) is 0 Å². The summed E-state index contributed by atoms with van der Waals surface area (Å²) in [4.78, 5) is 16.5. The number of carbonyl (C=O) groups is 1. The van der Waals surface area contributed by atoms with E-state index in [-0.39, 0.29) is 12.0 Å². The molecule has 112 valence electrons. The second kappa shape index (κ2) is 5.95. The highest BCUT2D eigenvalue weighted by Gasteiger charge is 2.35. The number of likely N-dealkylation sites (N-methyl/N-ethyl adjacent to an activating group) is 1. The van der Waals surface area contributed by atoms with Crippen molar-refractivity contribution in [2.75, 3.05) is 14.2 Å². The van der Waals surface area contributed by atoms with Crippen LogP contribution < -0.4 is 5.32 Å². The molecule has 1 N–H and O–H groups in total. The van der Waals surface area contributed by atoms with Crippen molar-refractivity contribution in [2.45, 2.75) is 57.5 Å². The van der Waals surface area contributed by atoms with E-state index in [1.165, 1.54) is 31.3 Å². The second-order valence-corrected chi connectivity index (χ2v) is 5.88. The largest absolute Gasteiger partial charge is 0.468 e. The Kier molecular flexibility index (Phi) is 4.48. The van der Waals surface area contributed by atoms with E-state index in [0.717, 1.165) is 12.8 Å². The highest BCUT2D eigenvalue weighted by Crippen LogP contribution is 2.27. The fraction of sp³-hybridized carbons (Fsp3) is 0.733. The Hall–Kier alpha value is -1.36. The maximum absolute atomic E-state index is 11.9. The third kappa shape index (κ3) is 2.73. The van der Waals surface area contributed by atoms with Gasteiger partial charge in [0.15, 0.2) is 0 Å². The van der Waals surface area contributed by atoms with Crippen molar-refractivity contribution < 1.29 is 9.53 Å². The molecule has 0 aliphatic heterocycles. The summed E-state index contributed by atoms with van der Waals surface area (Å²) in [6.07, 6.45) is 7.23. The van der Waals surface area contributed by atoms with Gasteiger partial charge in [-0.1, -0.05) is 0 Å². The first-order chi connectivity index (χ1) is 9.51. The second-order valence-electron chi connectivity index (χ2n) is 5.88. The van der Waals surface area contributed by atoms with Crippen molar-refractivity contribution in [3.63, 3.8) is 0 Å². The molecule has 2 rings (SSSR count). The van der Waals surface area contributed by atoms with Crippen LogP contribution in [0.4, 0.5) is 0 Å². The number of aromatic nitrogens is 2. The minimum absolute atomic E-state index is 0.209. The summed E-state index contributed by atoms with van der Waals surface area (Å²) in [5, 5.41) is 3.09. The molecule has 1 aromatic rings. The van der Waals surface area contributed by atoms with Crippen molar-refractivity contribution in [1.29, 1.82) is 0 Å². The van der Waals surface area contributed by atoms with Crippen LogP contribution in [0.5, 0.6) is 0 Å². The molecule has 0 bridgehead atoms. The predicted octanol–water partition coefficient (Wildman–Crippen LogP) is 1.86. The Bertz CT molecular complexity index is 483. The number of hydrogen-bond donors (Lipinski definition) is 1. The van der Waals surface area contributed by atoms with Gasteiger partial charge in [-0.05, 0) is 53.0 Å². The van der Waals surface area contributed by atoms with Gasteiger partial charge in [0.1, 0.15) is 5.54 Å². The first-order valence-corrected chi connectivity index (χ1v) is 7.33. The number of rotatable bonds is 5. The molecule has 0 amide bonds. The van der Waals surface area contributed by atoms with Gasteiger partial charge in [-0.25, -0.2) is 4.98 Å². The van der Waals surface area contributed by atoms with E-state index in [4.69, 9.17) is 4.74 Å². The van der Waals surface area contributed by atoms with Crippen LogP contribution >= 0.6 is 0 Å². The molecule has 5 nitrogen and oxygen atoms in total. The monoisotopic (exact) mass is 279 g/mol. The Balaban J connectivity index is 2.17. The van der Waals surface area contributed by atoms with Crippen LogP contribution in [0.2, 0.25) is 0 Å². The summed E-state index contributed by atoms with van der Waals surface area (Å²) in [5.74, 6) is -0.221. The number of imidazole rings is 1. The fourth-order valence-corrected chi connectivity index (χ4v) is 3.07. The van der Waals surface area contributed by atoms with E-state index >= 15 is 0 Å². The lowest BCUT2D eigenvalue weighted by atomic mass is 9.93. The smallest absolute Gasteiger partial charge is 0.325 e. The average molecular weight is 279 g/mol. The van der Waals surface area contributed by atoms with Gasteiger partial charge in [0, 0.05) is 11.7 Å². The molecule has 0 saturated heterocycles. The van der Waals surface area contributed by atoms with Gasteiger partial charge in [-0.15, -0.1) is 0 Å². The molecule has 0 radical (unpaired) electrons. The van der Waals surface area contributed by atoms with Gasteiger partial charge in [-0.3, -0.25) is 4.79 Å². The summed E-state index contributed by atoms with van der Waals surface area (Å²) >= 11 is 0. The quantitative estimate of drug-likeness (QED) is 0.836. The number of nitrogens with zero attached hydrogens (tertiary/aromatic N) is 2. The van der Waals surface area contributed by atoms with Crippen LogP contribution in [0.3, 0.4) is 0 Å². The standard InChI is InChI=1S/C15H25N3O2/c1-11(9-15(2,16-3)14(19)20-4)18-10-17-12-7-5-6-8-13(12)18/h10-11,16H,5-9H2,1-4H3. The maximum atomic E-state index is 11.9. The molecule has 1 aliphatic carbocycles. The van der Waals surface area contributed by atoms with Gasteiger partial charge in [0.2, 0.25) is 0 Å². The lowest BCUT2D eigenvalue weighted by Gasteiger charge is -2.30. The molecule has 0 aromatic carbocycles. The lowest BCUT2D eigenvalue weighted by Crippen LogP contribution is -2.49. The molecular weight excluding hydrogens is 254 g/mol. The minimum atomic E-state index is -0.667. The number of aryl methyl sites for hydroxylation is 1. The number of carbonyl (C=O) groups excluding carboxylic acids is 1. The zero-order chi connectivity index (χ0) is 14.8. The number of fused-ring (bicyclic) bond motifs is 1. The number of ether oxygens (including phenoxy) is 1. The number of methoxy groups -OCH3 is 1. The summed E-state index contributed by atoms with van der Waals surface area (Å²) in [5.41, 5.74) is 1.90. The van der Waals surface area contributed by atoms with Gasteiger partial charge in [0.05, 0.1) is 19.1 Å². The van der Waals surface area contributed by atoms with E-state index in [9.17, 15) is 4.79 Å². The summed E-state index contributed by atoms with van der Waals surface area (Å²) < 4.78 is 7.14. The fourth-order valence-electron chi connectivity index (χ4n) is 3.07. The van der Waals surface area contributed by atoms with Crippen LogP contribution in [0.15, 0.2) is 6.33 Å². The van der Waals surface area contributed by atoms with Gasteiger partial charge in [0.25, 0.3) is 0 Å². The molecule has 2 unspecified atom stereocenters. The van der Waals surface area contributed by atoms with Crippen LogP contribution in [-0.4, -0.2) is 35.2 Å². The lowest BCUT2D eigenvalue weighted by molar-refractivity contribution is -0.148. The zero-order valence-corrected chi connectivity index (χ0v) is 12.9. The molecule has 0 fully saturated rings. The Labute approximate surface area is 120 Å². The van der Waals surface area contributed by atoms with Crippen LogP contribution in [0, 0.1) is 0 Å². The molecule has 1 heterocycles. The predicted molar refractivity (Wildman–Crippen MR) is 77.7 cm³/mol. The summed E-state index contributed by atoms with van der Waals surface area (Å²) in [7, 11) is 3.23. The minimum Gasteiger partial charge on any atom is -0.468 e. The van der Waals surface area contributed by atoms with Crippen molar-refractivity contribution in [3.05, 3.63) is 17.7 Å². The van der Waals surface area contributed by atoms with Crippen LogP contribution in [0.1, 0.15) is 50.5 Å². The van der Waals surface area contributed by atoms with Crippen molar-refractivity contribution in [1.82, 2.24) is 14.9 Å². The topological polar surface area (TPSA) is 56.2 Å². The molecular formula is C15H25N3O2. The SMILES string of the molecule is CNC(C)(CC(C)n1cnc2c1CCCC2)C(=O)OC. The maximum Gasteiger partial charge on any atom is 0.325 e. The van der Waals surface area contributed by atoms with Gasteiger partial charge in [-0.2, -0.15) is 0 Å². The molecule has 20 heavy (non-hydrogen) atoms. The normalized spacial score (nSPS) is 19.0. The van der Waals surface area contributed by atoms with Crippen LogP contribution in [0.25, 0.3) is 0 Å². The van der Waals surface area contributed by atoms with E-state index in [1.54, 1.807) is 7.05 Å². The summed E-state index contributed by atoms with van der Waals surface area (Å²) in [6.45, 7) is 4.02. The van der Waals surface area contributed by atoms with Gasteiger partial charge < -0.3 is 14.6 Å². The Morgan fingerprint density at radius 3 is 2.90 bits per heavy atom. The molecule has 5 heteroatoms. The molecule has 0 saturated carbocycles. The Morgan fingerprint density at radius 1 is 1.55 bits per heavy atom. The van der Waals surface area contributed by atoms with E-state index in [0.29, 0.717) is 6.42 Å². The molecule has 1 aliphatic rings. The van der Waals surface area contributed by atoms with Gasteiger partial charge >= 0.3 is 5.97 Å². The highest BCUT2D eigenvalue weighted by atomic mass is 16.5. The molecule has 1 aromatic heterocycles. The molecule has 2 atom stereocenters. The Morgan fingerprint density at radius 2 is 2.25 bits per heavy atom. The zero-order valence-electron chi connectivity index (χ0n) is 12.9. The number of hydrogen-bond acceptors (Lipinski definition) is 4. The van der Waals surface area contributed by atoms with Crippen molar-refractivity contribution >= 4 is 5.97 Å². The van der Waals surface area contributed by atoms with Crippen LogP contribution in [-0.2, 0) is 22.4 Å².